The Morgan fingerprint density at radius 3 is 3.00 bits per heavy atom. The highest BCUT2D eigenvalue weighted by atomic mass is 16.5. The Hall–Kier alpha value is -1.22. The van der Waals surface area contributed by atoms with Crippen LogP contribution in [0.5, 0.6) is 11.5 Å². The molecule has 1 atom stereocenters. The van der Waals surface area contributed by atoms with Crippen molar-refractivity contribution >= 4 is 0 Å². The molecule has 0 radical (unpaired) electrons. The summed E-state index contributed by atoms with van der Waals surface area (Å²) in [6.07, 6.45) is 4.73. The van der Waals surface area contributed by atoms with Gasteiger partial charge >= 0.3 is 0 Å². The number of hydrogen-bond acceptors (Lipinski definition) is 3. The molecule has 1 aliphatic heterocycles. The van der Waals surface area contributed by atoms with Crippen LogP contribution >= 0.6 is 0 Å². The molecular formula is C15H21NO2. The molecule has 0 amide bonds. The van der Waals surface area contributed by atoms with Crippen molar-refractivity contribution in [2.75, 3.05) is 13.2 Å². The van der Waals surface area contributed by atoms with Crippen LogP contribution in [0.2, 0.25) is 0 Å². The van der Waals surface area contributed by atoms with Crippen LogP contribution in [0.25, 0.3) is 0 Å². The third kappa shape index (κ3) is 2.61. The predicted molar refractivity (Wildman–Crippen MR) is 71.2 cm³/mol. The molecule has 0 spiro atoms. The van der Waals surface area contributed by atoms with Crippen LogP contribution in [0.4, 0.5) is 0 Å². The molecule has 0 saturated heterocycles. The lowest BCUT2D eigenvalue weighted by atomic mass is 10.00. The van der Waals surface area contributed by atoms with Gasteiger partial charge in [-0.15, -0.1) is 0 Å². The van der Waals surface area contributed by atoms with Gasteiger partial charge in [0.1, 0.15) is 11.5 Å². The van der Waals surface area contributed by atoms with Crippen LogP contribution in [0.15, 0.2) is 18.2 Å². The van der Waals surface area contributed by atoms with Crippen LogP contribution in [-0.2, 0) is 0 Å². The van der Waals surface area contributed by atoms with Crippen molar-refractivity contribution in [2.45, 2.75) is 44.7 Å². The summed E-state index contributed by atoms with van der Waals surface area (Å²) in [5.41, 5.74) is 1.27. The third-order valence-electron chi connectivity index (χ3n) is 3.51. The quantitative estimate of drug-likeness (QED) is 0.867. The first-order chi connectivity index (χ1) is 8.86. The highest BCUT2D eigenvalue weighted by Crippen LogP contribution is 2.36. The van der Waals surface area contributed by atoms with Crippen molar-refractivity contribution < 1.29 is 9.47 Å². The SMILES string of the molecule is CCCOc1ccc2c(c1)C(NC1CC1)CCO2. The fourth-order valence-electron chi connectivity index (χ4n) is 2.39. The van der Waals surface area contributed by atoms with E-state index in [0.717, 1.165) is 43.6 Å². The van der Waals surface area contributed by atoms with E-state index in [2.05, 4.69) is 18.3 Å². The van der Waals surface area contributed by atoms with Gasteiger partial charge in [-0.05, 0) is 37.5 Å². The third-order valence-corrected chi connectivity index (χ3v) is 3.51. The van der Waals surface area contributed by atoms with Gasteiger partial charge in [-0.3, -0.25) is 0 Å². The number of fused-ring (bicyclic) bond motifs is 1. The summed E-state index contributed by atoms with van der Waals surface area (Å²) < 4.78 is 11.4. The van der Waals surface area contributed by atoms with Crippen LogP contribution in [0.1, 0.15) is 44.2 Å². The lowest BCUT2D eigenvalue weighted by Gasteiger charge is -2.27. The first-order valence-electron chi connectivity index (χ1n) is 7.02. The van der Waals surface area contributed by atoms with E-state index in [-0.39, 0.29) is 0 Å². The van der Waals surface area contributed by atoms with E-state index in [9.17, 15) is 0 Å². The molecule has 1 saturated carbocycles. The van der Waals surface area contributed by atoms with Gasteiger partial charge in [0.15, 0.2) is 0 Å². The molecule has 3 rings (SSSR count). The molecule has 0 bridgehead atoms. The molecule has 1 aliphatic carbocycles. The Labute approximate surface area is 108 Å². The van der Waals surface area contributed by atoms with Gasteiger partial charge in [-0.1, -0.05) is 6.92 Å². The Kier molecular flexibility index (Phi) is 3.41. The largest absolute Gasteiger partial charge is 0.494 e. The fraction of sp³-hybridized carbons (Fsp3) is 0.600. The minimum atomic E-state index is 0.437. The van der Waals surface area contributed by atoms with E-state index in [1.54, 1.807) is 0 Å². The Morgan fingerprint density at radius 1 is 1.33 bits per heavy atom. The number of ether oxygens (including phenoxy) is 2. The van der Waals surface area contributed by atoms with Crippen molar-refractivity contribution in [1.82, 2.24) is 5.32 Å². The number of benzene rings is 1. The van der Waals surface area contributed by atoms with Gasteiger partial charge in [0, 0.05) is 24.1 Å². The molecule has 1 N–H and O–H groups in total. The fourth-order valence-corrected chi connectivity index (χ4v) is 2.39. The Balaban J connectivity index is 1.78. The van der Waals surface area contributed by atoms with Gasteiger partial charge in [-0.2, -0.15) is 0 Å². The van der Waals surface area contributed by atoms with E-state index in [1.807, 2.05) is 12.1 Å². The smallest absolute Gasteiger partial charge is 0.124 e. The number of nitrogens with one attached hydrogen (secondary N) is 1. The zero-order valence-corrected chi connectivity index (χ0v) is 10.9. The molecule has 3 nitrogen and oxygen atoms in total. The molecule has 1 fully saturated rings. The van der Waals surface area contributed by atoms with E-state index < -0.39 is 0 Å². The van der Waals surface area contributed by atoms with E-state index in [0.29, 0.717) is 6.04 Å². The second-order valence-electron chi connectivity index (χ2n) is 5.18. The summed E-state index contributed by atoms with van der Waals surface area (Å²) in [5, 5.41) is 3.70. The van der Waals surface area contributed by atoms with E-state index in [4.69, 9.17) is 9.47 Å². The molecule has 98 valence electrons. The van der Waals surface area contributed by atoms with Crippen molar-refractivity contribution in [1.29, 1.82) is 0 Å². The first-order valence-corrected chi connectivity index (χ1v) is 7.02. The topological polar surface area (TPSA) is 30.5 Å². The van der Waals surface area contributed by atoms with Gasteiger partial charge in [0.2, 0.25) is 0 Å². The predicted octanol–water partition coefficient (Wildman–Crippen LogP) is 3.05. The van der Waals surface area contributed by atoms with Crippen molar-refractivity contribution in [3.05, 3.63) is 23.8 Å². The van der Waals surface area contributed by atoms with Crippen LogP contribution < -0.4 is 14.8 Å². The average Bonchev–Trinajstić information content (AvgIpc) is 3.21. The van der Waals surface area contributed by atoms with E-state index in [1.165, 1.54) is 18.4 Å². The molecule has 1 unspecified atom stereocenters. The second-order valence-corrected chi connectivity index (χ2v) is 5.18. The molecule has 3 heteroatoms. The molecule has 1 aromatic rings. The standard InChI is InChI=1S/C15H21NO2/c1-2-8-17-12-5-6-15-13(10-12)14(7-9-18-15)16-11-3-4-11/h5-6,10-11,14,16H,2-4,7-9H2,1H3. The summed E-state index contributed by atoms with van der Waals surface area (Å²) in [6, 6.07) is 7.35. The monoisotopic (exact) mass is 247 g/mol. The molecule has 18 heavy (non-hydrogen) atoms. The zero-order valence-electron chi connectivity index (χ0n) is 10.9. The lowest BCUT2D eigenvalue weighted by Crippen LogP contribution is -2.28. The van der Waals surface area contributed by atoms with Crippen LogP contribution in [0.3, 0.4) is 0 Å². The van der Waals surface area contributed by atoms with E-state index >= 15 is 0 Å². The maximum Gasteiger partial charge on any atom is 0.124 e. The normalized spacial score (nSPS) is 22.2. The molecule has 2 aliphatic rings. The first kappa shape index (κ1) is 11.8. The highest BCUT2D eigenvalue weighted by Gasteiger charge is 2.29. The Bertz CT molecular complexity index is 415. The number of hydrogen-bond donors (Lipinski definition) is 1. The van der Waals surface area contributed by atoms with Gasteiger partial charge in [-0.25, -0.2) is 0 Å². The van der Waals surface area contributed by atoms with Gasteiger partial charge in [0.25, 0.3) is 0 Å². The maximum absolute atomic E-state index is 5.72. The van der Waals surface area contributed by atoms with Gasteiger partial charge in [0.05, 0.1) is 13.2 Å². The zero-order chi connectivity index (χ0) is 12.4. The summed E-state index contributed by atoms with van der Waals surface area (Å²) in [5.74, 6) is 1.98. The van der Waals surface area contributed by atoms with Crippen LogP contribution in [0, 0.1) is 0 Å². The Morgan fingerprint density at radius 2 is 2.22 bits per heavy atom. The minimum absolute atomic E-state index is 0.437. The minimum Gasteiger partial charge on any atom is -0.494 e. The van der Waals surface area contributed by atoms with Crippen molar-refractivity contribution in [3.63, 3.8) is 0 Å². The van der Waals surface area contributed by atoms with Crippen LogP contribution in [-0.4, -0.2) is 19.3 Å². The molecule has 0 aromatic heterocycles. The average molecular weight is 247 g/mol. The number of rotatable bonds is 5. The van der Waals surface area contributed by atoms with Gasteiger partial charge < -0.3 is 14.8 Å². The summed E-state index contributed by atoms with van der Waals surface area (Å²) in [4.78, 5) is 0. The highest BCUT2D eigenvalue weighted by molar-refractivity contribution is 5.43. The molecule has 1 heterocycles. The summed E-state index contributed by atoms with van der Waals surface area (Å²) >= 11 is 0. The molecular weight excluding hydrogens is 226 g/mol. The summed E-state index contributed by atoms with van der Waals surface area (Å²) in [7, 11) is 0. The second kappa shape index (κ2) is 5.19. The van der Waals surface area contributed by atoms with Crippen molar-refractivity contribution in [2.24, 2.45) is 0 Å². The summed E-state index contributed by atoms with van der Waals surface area (Å²) in [6.45, 7) is 3.71. The lowest BCUT2D eigenvalue weighted by molar-refractivity contribution is 0.249. The molecule has 1 aromatic carbocycles. The maximum atomic E-state index is 5.72. The van der Waals surface area contributed by atoms with Crippen molar-refractivity contribution in [3.8, 4) is 11.5 Å².